The van der Waals surface area contributed by atoms with Crippen LogP contribution < -0.4 is 5.32 Å². The molecule has 1 rings (SSSR count). The summed E-state index contributed by atoms with van der Waals surface area (Å²) in [6.45, 7) is 3.71. The number of hydrogen-bond donors (Lipinski definition) is 1. The molecule has 1 N–H and O–H groups in total. The predicted molar refractivity (Wildman–Crippen MR) is 75.0 cm³/mol. The van der Waals surface area contributed by atoms with Crippen LogP contribution in [0.4, 0.5) is 0 Å². The molecule has 0 aliphatic rings. The molecule has 0 saturated carbocycles. The molecule has 0 radical (unpaired) electrons. The molecule has 0 saturated heterocycles. The van der Waals surface area contributed by atoms with Crippen molar-refractivity contribution in [2.45, 2.75) is 26.4 Å². The van der Waals surface area contributed by atoms with Gasteiger partial charge < -0.3 is 5.32 Å². The molecule has 0 heterocycles. The summed E-state index contributed by atoms with van der Waals surface area (Å²) in [4.78, 5) is 11.7. The molecule has 5 nitrogen and oxygen atoms in total. The lowest BCUT2D eigenvalue weighted by Crippen LogP contribution is -2.42. The second kappa shape index (κ2) is 6.68. The van der Waals surface area contributed by atoms with Crippen molar-refractivity contribution in [3.63, 3.8) is 0 Å². The molecule has 0 spiro atoms. The number of sulfonamides is 1. The van der Waals surface area contributed by atoms with Crippen LogP contribution in [0.3, 0.4) is 0 Å². The van der Waals surface area contributed by atoms with E-state index in [1.807, 2.05) is 44.2 Å². The van der Waals surface area contributed by atoms with Gasteiger partial charge in [0.15, 0.2) is 0 Å². The Morgan fingerprint density at radius 3 is 2.32 bits per heavy atom. The van der Waals surface area contributed by atoms with Gasteiger partial charge in [0, 0.05) is 12.6 Å². The number of rotatable bonds is 6. The summed E-state index contributed by atoms with van der Waals surface area (Å²) < 4.78 is 24.6. The maximum Gasteiger partial charge on any atom is 0.235 e. The van der Waals surface area contributed by atoms with Crippen LogP contribution in [0.2, 0.25) is 0 Å². The Morgan fingerprint density at radius 1 is 1.26 bits per heavy atom. The molecule has 6 heteroatoms. The largest absolute Gasteiger partial charge is 0.353 e. The van der Waals surface area contributed by atoms with E-state index in [9.17, 15) is 13.2 Å². The number of carbonyl (C=O) groups excluding carboxylic acids is 1. The second-order valence-electron chi connectivity index (χ2n) is 4.74. The van der Waals surface area contributed by atoms with Crippen LogP contribution in [0.5, 0.6) is 0 Å². The highest BCUT2D eigenvalue weighted by Gasteiger charge is 2.20. The van der Waals surface area contributed by atoms with Gasteiger partial charge in [-0.25, -0.2) is 8.42 Å². The summed E-state index contributed by atoms with van der Waals surface area (Å²) in [7, 11) is -3.42. The summed E-state index contributed by atoms with van der Waals surface area (Å²) in [5, 5.41) is 2.69. The van der Waals surface area contributed by atoms with E-state index in [1.54, 1.807) is 0 Å². The molecule has 0 atom stereocenters. The number of carbonyl (C=O) groups is 1. The van der Waals surface area contributed by atoms with Gasteiger partial charge in [-0.2, -0.15) is 4.31 Å². The van der Waals surface area contributed by atoms with Gasteiger partial charge in [0.1, 0.15) is 0 Å². The normalized spacial score (nSPS) is 11.8. The first-order valence-electron chi connectivity index (χ1n) is 6.07. The Balaban J connectivity index is 2.77. The van der Waals surface area contributed by atoms with Crippen molar-refractivity contribution in [1.82, 2.24) is 9.62 Å². The molecular formula is C13H20N2O3S. The molecule has 106 valence electrons. The highest BCUT2D eigenvalue weighted by atomic mass is 32.2. The third-order valence-electron chi connectivity index (χ3n) is 2.44. The number of benzene rings is 1. The van der Waals surface area contributed by atoms with E-state index in [0.29, 0.717) is 0 Å². The quantitative estimate of drug-likeness (QED) is 0.846. The topological polar surface area (TPSA) is 66.5 Å². The van der Waals surface area contributed by atoms with Gasteiger partial charge >= 0.3 is 0 Å². The van der Waals surface area contributed by atoms with Crippen LogP contribution in [0.25, 0.3) is 0 Å². The average molecular weight is 284 g/mol. The molecule has 0 unspecified atom stereocenters. The maximum atomic E-state index is 11.7. The van der Waals surface area contributed by atoms with Gasteiger partial charge in [0.25, 0.3) is 0 Å². The lowest BCUT2D eigenvalue weighted by Gasteiger charge is -2.20. The zero-order valence-corrected chi connectivity index (χ0v) is 12.3. The summed E-state index contributed by atoms with van der Waals surface area (Å²) in [5.41, 5.74) is 0.852. The molecule has 1 aromatic rings. The minimum absolute atomic E-state index is 0.00867. The second-order valence-corrected chi connectivity index (χ2v) is 6.72. The molecule has 0 aromatic heterocycles. The Labute approximate surface area is 114 Å². The number of hydrogen-bond acceptors (Lipinski definition) is 3. The van der Waals surface area contributed by atoms with Crippen LogP contribution >= 0.6 is 0 Å². The molecule has 0 aliphatic carbocycles. The lowest BCUT2D eigenvalue weighted by molar-refractivity contribution is -0.121. The Kier molecular flexibility index (Phi) is 5.50. The van der Waals surface area contributed by atoms with Gasteiger partial charge in [-0.05, 0) is 19.4 Å². The number of nitrogens with zero attached hydrogens (tertiary/aromatic N) is 1. The summed E-state index contributed by atoms with van der Waals surface area (Å²) in [5.74, 6) is -0.295. The molecule has 19 heavy (non-hydrogen) atoms. The van der Waals surface area contributed by atoms with Crippen LogP contribution in [0, 0.1) is 0 Å². The third kappa shape index (κ3) is 5.85. The Morgan fingerprint density at radius 2 is 1.84 bits per heavy atom. The molecule has 0 fully saturated rings. The first-order chi connectivity index (χ1) is 8.79. The summed E-state index contributed by atoms with van der Waals surface area (Å²) in [6.07, 6.45) is 1.11. The predicted octanol–water partition coefficient (Wildman–Crippen LogP) is 0.973. The third-order valence-corrected chi connectivity index (χ3v) is 3.64. The van der Waals surface area contributed by atoms with Gasteiger partial charge in [0.05, 0.1) is 12.8 Å². The Hall–Kier alpha value is -1.40. The van der Waals surface area contributed by atoms with Gasteiger partial charge in [-0.1, -0.05) is 30.3 Å². The van der Waals surface area contributed by atoms with E-state index >= 15 is 0 Å². The van der Waals surface area contributed by atoms with Gasteiger partial charge in [0.2, 0.25) is 15.9 Å². The fourth-order valence-corrected chi connectivity index (χ4v) is 2.34. The number of nitrogens with one attached hydrogen (secondary N) is 1. The molecular weight excluding hydrogens is 264 g/mol. The molecule has 0 aliphatic heterocycles. The first-order valence-corrected chi connectivity index (χ1v) is 7.92. The minimum Gasteiger partial charge on any atom is -0.353 e. The standard InChI is InChI=1S/C13H20N2O3S/c1-11(2)14-13(16)10-15(19(3,17)18)9-12-7-5-4-6-8-12/h4-8,11H,9-10H2,1-3H3,(H,14,16). The van der Waals surface area contributed by atoms with E-state index in [0.717, 1.165) is 11.8 Å². The Bertz CT molecular complexity index is 512. The van der Waals surface area contributed by atoms with E-state index in [2.05, 4.69) is 5.32 Å². The van der Waals surface area contributed by atoms with Crippen molar-refractivity contribution in [2.24, 2.45) is 0 Å². The van der Waals surface area contributed by atoms with Crippen molar-refractivity contribution in [3.05, 3.63) is 35.9 Å². The monoisotopic (exact) mass is 284 g/mol. The van der Waals surface area contributed by atoms with E-state index in [1.165, 1.54) is 4.31 Å². The summed E-state index contributed by atoms with van der Waals surface area (Å²) >= 11 is 0. The van der Waals surface area contributed by atoms with Crippen molar-refractivity contribution in [1.29, 1.82) is 0 Å². The van der Waals surface area contributed by atoms with Crippen LogP contribution in [0.15, 0.2) is 30.3 Å². The van der Waals surface area contributed by atoms with Crippen molar-refractivity contribution in [3.8, 4) is 0 Å². The maximum absolute atomic E-state index is 11.7. The van der Waals surface area contributed by atoms with E-state index < -0.39 is 10.0 Å². The minimum atomic E-state index is -3.42. The molecule has 1 aromatic carbocycles. The zero-order valence-electron chi connectivity index (χ0n) is 11.5. The first kappa shape index (κ1) is 15.7. The highest BCUT2D eigenvalue weighted by molar-refractivity contribution is 7.88. The van der Waals surface area contributed by atoms with Gasteiger partial charge in [-0.15, -0.1) is 0 Å². The fraction of sp³-hybridized carbons (Fsp3) is 0.462. The smallest absolute Gasteiger partial charge is 0.235 e. The lowest BCUT2D eigenvalue weighted by atomic mass is 10.2. The molecule has 0 bridgehead atoms. The van der Waals surface area contributed by atoms with Crippen molar-refractivity contribution >= 4 is 15.9 Å². The van der Waals surface area contributed by atoms with Crippen LogP contribution in [-0.4, -0.2) is 37.5 Å². The molecule has 1 amide bonds. The fourth-order valence-electron chi connectivity index (χ4n) is 1.61. The van der Waals surface area contributed by atoms with E-state index in [4.69, 9.17) is 0 Å². The van der Waals surface area contributed by atoms with Crippen molar-refractivity contribution in [2.75, 3.05) is 12.8 Å². The number of amides is 1. The van der Waals surface area contributed by atoms with Gasteiger partial charge in [-0.3, -0.25) is 4.79 Å². The van der Waals surface area contributed by atoms with Crippen LogP contribution in [-0.2, 0) is 21.4 Å². The van der Waals surface area contributed by atoms with Crippen LogP contribution in [0.1, 0.15) is 19.4 Å². The SMILES string of the molecule is CC(C)NC(=O)CN(Cc1ccccc1)S(C)(=O)=O. The highest BCUT2D eigenvalue weighted by Crippen LogP contribution is 2.07. The van der Waals surface area contributed by atoms with Crippen molar-refractivity contribution < 1.29 is 13.2 Å². The average Bonchev–Trinajstić information content (AvgIpc) is 2.27. The zero-order chi connectivity index (χ0) is 14.5. The van der Waals surface area contributed by atoms with E-state index in [-0.39, 0.29) is 25.0 Å². The summed E-state index contributed by atoms with van der Waals surface area (Å²) in [6, 6.07) is 9.19.